The molecule has 6 nitrogen and oxygen atoms in total. The van der Waals surface area contributed by atoms with Crippen LogP contribution in [-0.2, 0) is 0 Å². The summed E-state index contributed by atoms with van der Waals surface area (Å²) in [6.45, 7) is 8.79. The van der Waals surface area contributed by atoms with Crippen LogP contribution >= 0.6 is 11.3 Å². The monoisotopic (exact) mass is 474 g/mol. The molecule has 0 fully saturated rings. The van der Waals surface area contributed by atoms with E-state index < -0.39 is 6.04 Å². The van der Waals surface area contributed by atoms with Crippen molar-refractivity contribution in [2.75, 3.05) is 11.5 Å². The van der Waals surface area contributed by atoms with Crippen LogP contribution in [-0.4, -0.2) is 17.5 Å². The van der Waals surface area contributed by atoms with Crippen LogP contribution in [0, 0.1) is 19.8 Å². The molecule has 1 aliphatic heterocycles. The van der Waals surface area contributed by atoms with Gasteiger partial charge in [-0.25, -0.2) is 4.98 Å². The van der Waals surface area contributed by atoms with Crippen molar-refractivity contribution in [2.45, 2.75) is 40.2 Å². The largest absolute Gasteiger partial charge is 0.494 e. The van der Waals surface area contributed by atoms with E-state index in [2.05, 4.69) is 18.8 Å². The summed E-state index contributed by atoms with van der Waals surface area (Å²) in [5.74, 6) is 0.955. The molecular formula is C27H26N2O4S. The molecule has 0 radical (unpaired) electrons. The Labute approximate surface area is 201 Å². The van der Waals surface area contributed by atoms with Crippen molar-refractivity contribution in [1.29, 1.82) is 0 Å². The molecule has 0 unspecified atom stereocenters. The summed E-state index contributed by atoms with van der Waals surface area (Å²) in [6, 6.07) is 14.0. The fourth-order valence-corrected chi connectivity index (χ4v) is 5.11. The van der Waals surface area contributed by atoms with Crippen LogP contribution < -0.4 is 15.1 Å². The van der Waals surface area contributed by atoms with Crippen LogP contribution in [0.25, 0.3) is 11.0 Å². The van der Waals surface area contributed by atoms with Gasteiger partial charge in [0.05, 0.1) is 29.3 Å². The summed E-state index contributed by atoms with van der Waals surface area (Å²) < 4.78 is 12.0. The van der Waals surface area contributed by atoms with Crippen LogP contribution in [0.15, 0.2) is 57.7 Å². The molecule has 3 heterocycles. The van der Waals surface area contributed by atoms with E-state index in [0.29, 0.717) is 39.9 Å². The lowest BCUT2D eigenvalue weighted by Crippen LogP contribution is -2.29. The number of para-hydroxylation sites is 1. The van der Waals surface area contributed by atoms with Gasteiger partial charge < -0.3 is 9.15 Å². The standard InChI is InChI=1S/C27H26N2O4S/c1-15(2)12-13-32-19-9-7-8-18(14-19)23-22-24(30)20-10-5-6-11-21(20)33-25(22)26(31)29(23)27-28-16(3)17(4)34-27/h5-11,14-15,23H,12-13H2,1-4H3/t23-/m0/s1. The molecular weight excluding hydrogens is 448 g/mol. The van der Waals surface area contributed by atoms with Crippen LogP contribution in [0.2, 0.25) is 0 Å². The lowest BCUT2D eigenvalue weighted by molar-refractivity contribution is 0.0971. The highest BCUT2D eigenvalue weighted by molar-refractivity contribution is 7.15. The normalized spacial score (nSPS) is 15.4. The zero-order valence-corrected chi connectivity index (χ0v) is 20.4. The first kappa shape index (κ1) is 22.3. The number of anilines is 1. The molecule has 0 bridgehead atoms. The number of hydrogen-bond acceptors (Lipinski definition) is 6. The Morgan fingerprint density at radius 1 is 1.12 bits per heavy atom. The molecule has 7 heteroatoms. The number of aromatic nitrogens is 1. The Balaban J connectivity index is 1.68. The molecule has 0 saturated heterocycles. The third-order valence-corrected chi connectivity index (χ3v) is 7.21. The fraction of sp³-hybridized carbons (Fsp3) is 0.296. The van der Waals surface area contributed by atoms with Crippen LogP contribution in [0.3, 0.4) is 0 Å². The summed E-state index contributed by atoms with van der Waals surface area (Å²) in [4.78, 5) is 34.6. The van der Waals surface area contributed by atoms with E-state index in [9.17, 15) is 9.59 Å². The van der Waals surface area contributed by atoms with Gasteiger partial charge in [-0.15, -0.1) is 11.3 Å². The SMILES string of the molecule is Cc1nc(N2C(=O)c3oc4ccccc4c(=O)c3[C@@H]2c2cccc(OCCC(C)C)c2)sc1C. The van der Waals surface area contributed by atoms with Gasteiger partial charge in [0.2, 0.25) is 5.76 Å². The number of benzene rings is 2. The average Bonchev–Trinajstić information content (AvgIpc) is 3.30. The van der Waals surface area contributed by atoms with E-state index in [4.69, 9.17) is 9.15 Å². The number of fused-ring (bicyclic) bond motifs is 2. The molecule has 0 aliphatic carbocycles. The van der Waals surface area contributed by atoms with Crippen LogP contribution in [0.4, 0.5) is 5.13 Å². The number of carbonyl (C=O) groups excluding carboxylic acids is 1. The lowest BCUT2D eigenvalue weighted by Gasteiger charge is -2.23. The molecule has 2 aromatic heterocycles. The first-order valence-corrected chi connectivity index (χ1v) is 12.2. The van der Waals surface area contributed by atoms with Gasteiger partial charge in [0.25, 0.3) is 5.91 Å². The first-order valence-electron chi connectivity index (χ1n) is 11.4. The molecule has 2 aromatic carbocycles. The molecule has 4 aromatic rings. The molecule has 34 heavy (non-hydrogen) atoms. The number of aryl methyl sites for hydroxylation is 2. The van der Waals surface area contributed by atoms with E-state index in [1.807, 2.05) is 38.1 Å². The van der Waals surface area contributed by atoms with Crippen molar-refractivity contribution in [3.8, 4) is 5.75 Å². The van der Waals surface area contributed by atoms with Gasteiger partial charge in [-0.05, 0) is 56.0 Å². The quantitative estimate of drug-likeness (QED) is 0.341. The maximum atomic E-state index is 13.7. The topological polar surface area (TPSA) is 72.6 Å². The van der Waals surface area contributed by atoms with Crippen molar-refractivity contribution in [1.82, 2.24) is 4.98 Å². The Hall–Kier alpha value is -3.45. The third kappa shape index (κ3) is 3.80. The number of carbonyl (C=O) groups is 1. The lowest BCUT2D eigenvalue weighted by atomic mass is 9.98. The van der Waals surface area contributed by atoms with Gasteiger partial charge in [0, 0.05) is 4.88 Å². The van der Waals surface area contributed by atoms with Crippen molar-refractivity contribution < 1.29 is 13.9 Å². The molecule has 5 rings (SSSR count). The predicted molar refractivity (Wildman–Crippen MR) is 134 cm³/mol. The van der Waals surface area contributed by atoms with Crippen molar-refractivity contribution in [3.63, 3.8) is 0 Å². The molecule has 0 spiro atoms. The Morgan fingerprint density at radius 2 is 1.91 bits per heavy atom. The Bertz CT molecular complexity index is 1430. The predicted octanol–water partition coefficient (Wildman–Crippen LogP) is 6.04. The summed E-state index contributed by atoms with van der Waals surface area (Å²) in [5.41, 5.74) is 2.18. The second-order valence-corrected chi connectivity index (χ2v) is 10.2. The van der Waals surface area contributed by atoms with Crippen molar-refractivity contribution >= 4 is 33.3 Å². The van der Waals surface area contributed by atoms with Gasteiger partial charge >= 0.3 is 0 Å². The van der Waals surface area contributed by atoms with E-state index in [0.717, 1.165) is 22.6 Å². The average molecular weight is 475 g/mol. The number of nitrogens with zero attached hydrogens (tertiary/aromatic N) is 2. The minimum absolute atomic E-state index is 0.0744. The number of ether oxygens (including phenoxy) is 1. The second-order valence-electron chi connectivity index (χ2n) is 8.99. The van der Waals surface area contributed by atoms with E-state index in [1.54, 1.807) is 29.2 Å². The van der Waals surface area contributed by atoms with Gasteiger partial charge in [-0.1, -0.05) is 38.1 Å². The van der Waals surface area contributed by atoms with Gasteiger partial charge in [-0.2, -0.15) is 0 Å². The minimum Gasteiger partial charge on any atom is -0.494 e. The summed E-state index contributed by atoms with van der Waals surface area (Å²) >= 11 is 1.43. The van der Waals surface area contributed by atoms with E-state index >= 15 is 0 Å². The molecule has 0 saturated carbocycles. The van der Waals surface area contributed by atoms with Gasteiger partial charge in [0.15, 0.2) is 10.6 Å². The molecule has 1 amide bonds. The number of amides is 1. The molecule has 0 N–H and O–H groups in total. The maximum absolute atomic E-state index is 13.7. The molecule has 1 atom stereocenters. The zero-order valence-electron chi connectivity index (χ0n) is 19.6. The molecule has 1 aliphatic rings. The summed E-state index contributed by atoms with van der Waals surface area (Å²) in [6.07, 6.45) is 0.939. The van der Waals surface area contributed by atoms with E-state index in [-0.39, 0.29) is 17.1 Å². The summed E-state index contributed by atoms with van der Waals surface area (Å²) in [5, 5.41) is 1.00. The Morgan fingerprint density at radius 3 is 2.65 bits per heavy atom. The van der Waals surface area contributed by atoms with Crippen LogP contribution in [0.5, 0.6) is 5.75 Å². The van der Waals surface area contributed by atoms with Crippen molar-refractivity contribution in [3.05, 3.63) is 86.2 Å². The Kier molecular flexibility index (Phi) is 5.73. The van der Waals surface area contributed by atoms with Crippen LogP contribution in [0.1, 0.15) is 58.6 Å². The number of hydrogen-bond donors (Lipinski definition) is 0. The summed E-state index contributed by atoms with van der Waals surface area (Å²) in [7, 11) is 0. The highest BCUT2D eigenvalue weighted by Crippen LogP contribution is 2.43. The number of thiazole rings is 1. The second kappa shape index (κ2) is 8.72. The first-order chi connectivity index (χ1) is 16.3. The van der Waals surface area contributed by atoms with Gasteiger partial charge in [0.1, 0.15) is 11.3 Å². The fourth-order valence-electron chi connectivity index (χ4n) is 4.18. The van der Waals surface area contributed by atoms with Crippen molar-refractivity contribution in [2.24, 2.45) is 5.92 Å². The number of rotatable bonds is 6. The van der Waals surface area contributed by atoms with Gasteiger partial charge in [-0.3, -0.25) is 14.5 Å². The highest BCUT2D eigenvalue weighted by Gasteiger charge is 2.45. The highest BCUT2D eigenvalue weighted by atomic mass is 32.1. The third-order valence-electron chi connectivity index (χ3n) is 6.14. The zero-order chi connectivity index (χ0) is 24.0. The minimum atomic E-state index is -0.651. The maximum Gasteiger partial charge on any atom is 0.297 e. The smallest absolute Gasteiger partial charge is 0.297 e. The molecule has 174 valence electrons. The van der Waals surface area contributed by atoms with E-state index in [1.165, 1.54) is 11.3 Å².